The quantitative estimate of drug-likeness (QED) is 0.374. The lowest BCUT2D eigenvalue weighted by molar-refractivity contribution is 0.0953. The van der Waals surface area contributed by atoms with Crippen LogP contribution in [-0.4, -0.2) is 24.0 Å². The molecule has 0 aromatic heterocycles. The van der Waals surface area contributed by atoms with Crippen molar-refractivity contribution in [3.63, 3.8) is 0 Å². The average molecular weight is 440 g/mol. The number of hydrogen-bond donors (Lipinski definition) is 1. The van der Waals surface area contributed by atoms with Gasteiger partial charge in [-0.3, -0.25) is 4.79 Å². The lowest BCUT2D eigenvalue weighted by Gasteiger charge is -2.07. The van der Waals surface area contributed by atoms with Crippen LogP contribution < -0.4 is 10.1 Å². The van der Waals surface area contributed by atoms with Crippen molar-refractivity contribution in [2.45, 2.75) is 25.7 Å². The van der Waals surface area contributed by atoms with Crippen LogP contribution in [-0.2, 0) is 0 Å². The Kier molecular flexibility index (Phi) is 8.45. The number of hydrogen-bond acceptors (Lipinski definition) is 2. The SMILES string of the molecule is COc1ccc(C(=O)NCCCCCCI)cc1Br. The molecule has 1 amide bonds. The molecule has 0 fully saturated rings. The van der Waals surface area contributed by atoms with Crippen LogP contribution in [0.4, 0.5) is 0 Å². The predicted molar refractivity (Wildman–Crippen MR) is 90.4 cm³/mol. The number of benzene rings is 1. The summed E-state index contributed by atoms with van der Waals surface area (Å²) < 4.78 is 7.14. The summed E-state index contributed by atoms with van der Waals surface area (Å²) in [5.41, 5.74) is 0.653. The third kappa shape index (κ3) is 6.12. The van der Waals surface area contributed by atoms with Crippen LogP contribution in [0.15, 0.2) is 22.7 Å². The molecule has 1 rings (SSSR count). The standard InChI is InChI=1S/C14H19BrINO2/c1-19-13-7-6-11(10-12(13)15)14(18)17-9-5-3-2-4-8-16/h6-7,10H,2-5,8-9H2,1H3,(H,17,18). The summed E-state index contributed by atoms with van der Waals surface area (Å²) in [6.45, 7) is 0.740. The number of ether oxygens (including phenoxy) is 1. The highest BCUT2D eigenvalue weighted by molar-refractivity contribution is 14.1. The van der Waals surface area contributed by atoms with Crippen molar-refractivity contribution >= 4 is 44.4 Å². The average Bonchev–Trinajstić information content (AvgIpc) is 2.42. The second-order valence-electron chi connectivity index (χ2n) is 4.21. The number of unbranched alkanes of at least 4 members (excludes halogenated alkanes) is 3. The monoisotopic (exact) mass is 439 g/mol. The van der Waals surface area contributed by atoms with Gasteiger partial charge in [0.05, 0.1) is 11.6 Å². The van der Waals surface area contributed by atoms with E-state index < -0.39 is 0 Å². The summed E-state index contributed by atoms with van der Waals surface area (Å²) in [6.07, 6.45) is 4.72. The van der Waals surface area contributed by atoms with Gasteiger partial charge in [0.2, 0.25) is 0 Å². The van der Waals surface area contributed by atoms with Gasteiger partial charge in [-0.1, -0.05) is 35.4 Å². The fourth-order valence-corrected chi connectivity index (χ4v) is 2.76. The molecule has 0 unspecified atom stereocenters. The highest BCUT2D eigenvalue weighted by Gasteiger charge is 2.07. The number of rotatable bonds is 8. The van der Waals surface area contributed by atoms with Gasteiger partial charge in [-0.15, -0.1) is 0 Å². The third-order valence-electron chi connectivity index (χ3n) is 2.76. The molecule has 0 aliphatic heterocycles. The van der Waals surface area contributed by atoms with Crippen molar-refractivity contribution in [3.8, 4) is 5.75 Å². The summed E-state index contributed by atoms with van der Waals surface area (Å²) >= 11 is 5.77. The molecule has 0 saturated carbocycles. The molecule has 0 spiro atoms. The lowest BCUT2D eigenvalue weighted by atomic mass is 10.2. The molecule has 0 radical (unpaired) electrons. The Balaban J connectivity index is 2.35. The Morgan fingerprint density at radius 1 is 1.32 bits per heavy atom. The van der Waals surface area contributed by atoms with E-state index in [-0.39, 0.29) is 5.91 Å². The van der Waals surface area contributed by atoms with E-state index in [1.54, 1.807) is 25.3 Å². The van der Waals surface area contributed by atoms with E-state index in [1.165, 1.54) is 23.7 Å². The number of methoxy groups -OCH3 is 1. The maximum absolute atomic E-state index is 11.9. The van der Waals surface area contributed by atoms with Crippen LogP contribution in [0.5, 0.6) is 5.75 Å². The van der Waals surface area contributed by atoms with Crippen LogP contribution >= 0.6 is 38.5 Å². The molecule has 0 aliphatic carbocycles. The Labute approximate surface area is 136 Å². The molecule has 106 valence electrons. The van der Waals surface area contributed by atoms with Crippen molar-refractivity contribution in [1.29, 1.82) is 0 Å². The summed E-state index contributed by atoms with van der Waals surface area (Å²) in [4.78, 5) is 11.9. The van der Waals surface area contributed by atoms with Gasteiger partial charge < -0.3 is 10.1 Å². The van der Waals surface area contributed by atoms with E-state index in [2.05, 4.69) is 43.8 Å². The largest absolute Gasteiger partial charge is 0.496 e. The van der Waals surface area contributed by atoms with Crippen molar-refractivity contribution < 1.29 is 9.53 Å². The maximum Gasteiger partial charge on any atom is 0.251 e. The minimum Gasteiger partial charge on any atom is -0.496 e. The van der Waals surface area contributed by atoms with E-state index in [0.29, 0.717) is 5.56 Å². The van der Waals surface area contributed by atoms with Crippen LogP contribution in [0.3, 0.4) is 0 Å². The number of nitrogens with one attached hydrogen (secondary N) is 1. The Hall–Kier alpha value is -0.300. The summed E-state index contributed by atoms with van der Waals surface area (Å²) in [7, 11) is 1.61. The molecule has 0 bridgehead atoms. The number of carbonyl (C=O) groups is 1. The van der Waals surface area contributed by atoms with Crippen molar-refractivity contribution in [2.24, 2.45) is 0 Å². The molecule has 5 heteroatoms. The van der Waals surface area contributed by atoms with Crippen molar-refractivity contribution in [2.75, 3.05) is 18.1 Å². The molecule has 0 saturated heterocycles. The molecular weight excluding hydrogens is 421 g/mol. The van der Waals surface area contributed by atoms with Crippen molar-refractivity contribution in [1.82, 2.24) is 5.32 Å². The van der Waals surface area contributed by atoms with Crippen molar-refractivity contribution in [3.05, 3.63) is 28.2 Å². The molecule has 1 aromatic rings. The fourth-order valence-electron chi connectivity index (χ4n) is 1.68. The van der Waals surface area contributed by atoms with Crippen LogP contribution in [0.2, 0.25) is 0 Å². The molecule has 1 aromatic carbocycles. The molecule has 3 nitrogen and oxygen atoms in total. The first kappa shape index (κ1) is 16.8. The van der Waals surface area contributed by atoms with E-state index in [1.807, 2.05) is 0 Å². The third-order valence-corrected chi connectivity index (χ3v) is 4.14. The fraction of sp³-hybridized carbons (Fsp3) is 0.500. The summed E-state index contributed by atoms with van der Waals surface area (Å²) in [5.74, 6) is 0.701. The van der Waals surface area contributed by atoms with Gasteiger partial charge in [0.25, 0.3) is 5.91 Å². The maximum atomic E-state index is 11.9. The first-order valence-electron chi connectivity index (χ1n) is 6.36. The number of amides is 1. The van der Waals surface area contributed by atoms with Crippen LogP contribution in [0, 0.1) is 0 Å². The zero-order valence-electron chi connectivity index (χ0n) is 11.0. The zero-order valence-corrected chi connectivity index (χ0v) is 14.8. The van der Waals surface area contributed by atoms with Crippen LogP contribution in [0.25, 0.3) is 0 Å². The smallest absolute Gasteiger partial charge is 0.251 e. The lowest BCUT2D eigenvalue weighted by Crippen LogP contribution is -2.24. The Morgan fingerprint density at radius 2 is 2.05 bits per heavy atom. The number of halogens is 2. The highest BCUT2D eigenvalue weighted by atomic mass is 127. The first-order valence-corrected chi connectivity index (χ1v) is 8.68. The van der Waals surface area contributed by atoms with E-state index in [9.17, 15) is 4.79 Å². The second-order valence-corrected chi connectivity index (χ2v) is 6.14. The zero-order chi connectivity index (χ0) is 14.1. The normalized spacial score (nSPS) is 10.3. The predicted octanol–water partition coefficient (Wildman–Crippen LogP) is 4.18. The topological polar surface area (TPSA) is 38.3 Å². The minimum absolute atomic E-state index is 0.0303. The van der Waals surface area contributed by atoms with Gasteiger partial charge in [-0.2, -0.15) is 0 Å². The summed E-state index contributed by atoms with van der Waals surface area (Å²) in [5, 5.41) is 2.94. The molecule has 1 N–H and O–H groups in total. The van der Waals surface area contributed by atoms with Gasteiger partial charge in [0, 0.05) is 12.1 Å². The highest BCUT2D eigenvalue weighted by Crippen LogP contribution is 2.25. The van der Waals surface area contributed by atoms with Gasteiger partial charge in [0.1, 0.15) is 5.75 Å². The van der Waals surface area contributed by atoms with E-state index >= 15 is 0 Å². The first-order chi connectivity index (χ1) is 9.19. The minimum atomic E-state index is -0.0303. The Morgan fingerprint density at radius 3 is 2.68 bits per heavy atom. The van der Waals surface area contributed by atoms with Gasteiger partial charge in [0.15, 0.2) is 0 Å². The molecule has 19 heavy (non-hydrogen) atoms. The van der Waals surface area contributed by atoms with E-state index in [4.69, 9.17) is 4.74 Å². The van der Waals surface area contributed by atoms with Gasteiger partial charge in [-0.25, -0.2) is 0 Å². The number of alkyl halides is 1. The van der Waals surface area contributed by atoms with Crippen LogP contribution in [0.1, 0.15) is 36.0 Å². The van der Waals surface area contributed by atoms with E-state index in [0.717, 1.165) is 23.2 Å². The molecular formula is C14H19BrINO2. The number of carbonyl (C=O) groups excluding carboxylic acids is 1. The molecule has 0 heterocycles. The van der Waals surface area contributed by atoms with Gasteiger partial charge >= 0.3 is 0 Å². The molecule has 0 aliphatic rings. The summed E-state index contributed by atoms with van der Waals surface area (Å²) in [6, 6.07) is 5.35. The Bertz CT molecular complexity index is 412. The second kappa shape index (κ2) is 9.58. The van der Waals surface area contributed by atoms with Gasteiger partial charge in [-0.05, 0) is 51.4 Å². The molecule has 0 atom stereocenters.